The van der Waals surface area contributed by atoms with Gasteiger partial charge in [0.1, 0.15) is 0 Å². The maximum atomic E-state index is 12.4. The van der Waals surface area contributed by atoms with E-state index in [0.717, 1.165) is 36.1 Å². The van der Waals surface area contributed by atoms with Crippen molar-refractivity contribution in [2.75, 3.05) is 19.6 Å². The van der Waals surface area contributed by atoms with Crippen LogP contribution in [-0.4, -0.2) is 41.5 Å². The molecule has 4 nitrogen and oxygen atoms in total. The minimum Gasteiger partial charge on any atom is -0.361 e. The van der Waals surface area contributed by atoms with Gasteiger partial charge in [0.2, 0.25) is 5.91 Å². The van der Waals surface area contributed by atoms with Gasteiger partial charge >= 0.3 is 0 Å². The van der Waals surface area contributed by atoms with Crippen molar-refractivity contribution in [1.82, 2.24) is 15.2 Å². The molecule has 0 unspecified atom stereocenters. The zero-order valence-corrected chi connectivity index (χ0v) is 11.1. The minimum absolute atomic E-state index is 0.221. The molecule has 1 amide bonds. The Bertz CT molecular complexity index is 586. The van der Waals surface area contributed by atoms with Gasteiger partial charge in [-0.15, -0.1) is 0 Å². The predicted octanol–water partition coefficient (Wildman–Crippen LogP) is 1.53. The van der Waals surface area contributed by atoms with E-state index < -0.39 is 0 Å². The molecule has 19 heavy (non-hydrogen) atoms. The Kier molecular flexibility index (Phi) is 3.25. The Morgan fingerprint density at radius 3 is 2.84 bits per heavy atom. The Labute approximate surface area is 112 Å². The van der Waals surface area contributed by atoms with Gasteiger partial charge in [-0.1, -0.05) is 18.2 Å². The third-order valence-corrected chi connectivity index (χ3v) is 3.88. The normalized spacial score (nSPS) is 15.4. The van der Waals surface area contributed by atoms with Crippen molar-refractivity contribution in [3.05, 3.63) is 36.0 Å². The monoisotopic (exact) mass is 257 g/mol. The van der Waals surface area contributed by atoms with Crippen LogP contribution in [0.2, 0.25) is 0 Å². The van der Waals surface area contributed by atoms with Crippen LogP contribution in [0.4, 0.5) is 0 Å². The van der Waals surface area contributed by atoms with Crippen LogP contribution in [0.25, 0.3) is 10.9 Å². The van der Waals surface area contributed by atoms with Crippen molar-refractivity contribution in [3.8, 4) is 0 Å². The van der Waals surface area contributed by atoms with Crippen molar-refractivity contribution in [2.45, 2.75) is 19.4 Å². The van der Waals surface area contributed by atoms with E-state index in [1.165, 1.54) is 0 Å². The molecule has 4 heteroatoms. The molecule has 0 bridgehead atoms. The molecule has 2 N–H and O–H groups in total. The molecule has 0 radical (unpaired) electrons. The number of fused-ring (bicyclic) bond motifs is 1. The zero-order valence-electron chi connectivity index (χ0n) is 11.1. The van der Waals surface area contributed by atoms with Crippen LogP contribution >= 0.6 is 0 Å². The first kappa shape index (κ1) is 12.2. The Hall–Kier alpha value is -1.81. The smallest absolute Gasteiger partial charge is 0.227 e. The van der Waals surface area contributed by atoms with Crippen LogP contribution in [0.15, 0.2) is 30.5 Å². The number of para-hydroxylation sites is 1. The van der Waals surface area contributed by atoms with Crippen molar-refractivity contribution in [1.29, 1.82) is 0 Å². The Morgan fingerprint density at radius 1 is 1.37 bits per heavy atom. The second-order valence-corrected chi connectivity index (χ2v) is 5.03. The molecule has 1 aliphatic rings. The van der Waals surface area contributed by atoms with Crippen molar-refractivity contribution < 1.29 is 4.79 Å². The standard InChI is InChI=1S/C15H19N3O/c1-2-18(12-9-16-10-12)15(19)7-11-8-17-14-6-4-3-5-13(11)14/h3-6,8,12,16-17H,2,7,9-10H2,1H3. The molecule has 1 fully saturated rings. The van der Waals surface area contributed by atoms with Gasteiger partial charge in [-0.25, -0.2) is 0 Å². The van der Waals surface area contributed by atoms with Crippen LogP contribution in [0.5, 0.6) is 0 Å². The molecule has 0 spiro atoms. The van der Waals surface area contributed by atoms with Gasteiger partial charge in [-0.05, 0) is 18.6 Å². The molecule has 1 aliphatic heterocycles. The van der Waals surface area contributed by atoms with Crippen molar-refractivity contribution >= 4 is 16.8 Å². The van der Waals surface area contributed by atoms with Gasteiger partial charge in [0, 0.05) is 36.7 Å². The Morgan fingerprint density at radius 2 is 2.16 bits per heavy atom. The molecule has 2 heterocycles. The third-order valence-electron chi connectivity index (χ3n) is 3.88. The zero-order chi connectivity index (χ0) is 13.2. The number of H-pyrrole nitrogens is 1. The summed E-state index contributed by atoms with van der Waals surface area (Å²) < 4.78 is 0. The van der Waals surface area contributed by atoms with Gasteiger partial charge in [-0.3, -0.25) is 4.79 Å². The van der Waals surface area contributed by atoms with Crippen molar-refractivity contribution in [3.63, 3.8) is 0 Å². The quantitative estimate of drug-likeness (QED) is 0.872. The molecule has 0 aliphatic carbocycles. The fraction of sp³-hybridized carbons (Fsp3) is 0.400. The van der Waals surface area contributed by atoms with Crippen molar-refractivity contribution in [2.24, 2.45) is 0 Å². The number of carbonyl (C=O) groups is 1. The molecule has 1 saturated heterocycles. The van der Waals surface area contributed by atoms with Crippen LogP contribution in [0.1, 0.15) is 12.5 Å². The summed E-state index contributed by atoms with van der Waals surface area (Å²) in [5.74, 6) is 0.221. The average Bonchev–Trinajstić information content (AvgIpc) is 2.77. The highest BCUT2D eigenvalue weighted by Crippen LogP contribution is 2.19. The number of aromatic amines is 1. The highest BCUT2D eigenvalue weighted by molar-refractivity contribution is 5.89. The van der Waals surface area contributed by atoms with E-state index in [1.54, 1.807) is 0 Å². The Balaban J connectivity index is 1.78. The van der Waals surface area contributed by atoms with E-state index >= 15 is 0 Å². The number of nitrogens with one attached hydrogen (secondary N) is 2. The van der Waals surface area contributed by atoms with E-state index in [4.69, 9.17) is 0 Å². The van der Waals surface area contributed by atoms with E-state index in [1.807, 2.05) is 36.2 Å². The number of amides is 1. The predicted molar refractivity (Wildman–Crippen MR) is 76.0 cm³/mol. The molecule has 0 atom stereocenters. The maximum Gasteiger partial charge on any atom is 0.227 e. The number of carbonyl (C=O) groups excluding carboxylic acids is 1. The summed E-state index contributed by atoms with van der Waals surface area (Å²) in [5.41, 5.74) is 2.19. The lowest BCUT2D eigenvalue weighted by Crippen LogP contribution is -2.59. The first-order valence-electron chi connectivity index (χ1n) is 6.84. The molecular formula is C15H19N3O. The summed E-state index contributed by atoms with van der Waals surface area (Å²) in [4.78, 5) is 17.6. The van der Waals surface area contributed by atoms with E-state index in [-0.39, 0.29) is 5.91 Å². The number of rotatable bonds is 4. The lowest BCUT2D eigenvalue weighted by atomic mass is 10.1. The molecule has 1 aromatic carbocycles. The van der Waals surface area contributed by atoms with Crippen LogP contribution < -0.4 is 5.32 Å². The molecule has 1 aromatic heterocycles. The number of hydrogen-bond acceptors (Lipinski definition) is 2. The summed E-state index contributed by atoms with van der Waals surface area (Å²) in [7, 11) is 0. The first-order valence-corrected chi connectivity index (χ1v) is 6.84. The number of aromatic nitrogens is 1. The van der Waals surface area contributed by atoms with Crippen LogP contribution in [0.3, 0.4) is 0 Å². The fourth-order valence-corrected chi connectivity index (χ4v) is 2.67. The van der Waals surface area contributed by atoms with Gasteiger partial charge < -0.3 is 15.2 Å². The van der Waals surface area contributed by atoms with E-state index in [9.17, 15) is 4.79 Å². The first-order chi connectivity index (χ1) is 9.29. The SMILES string of the molecule is CCN(C(=O)Cc1c[nH]c2ccccc12)C1CNC1. The summed E-state index contributed by atoms with van der Waals surface area (Å²) in [6.45, 7) is 4.68. The van der Waals surface area contributed by atoms with Gasteiger partial charge in [0.25, 0.3) is 0 Å². The summed E-state index contributed by atoms with van der Waals surface area (Å²) >= 11 is 0. The van der Waals surface area contributed by atoms with Crippen LogP contribution in [-0.2, 0) is 11.2 Å². The van der Waals surface area contributed by atoms with E-state index in [0.29, 0.717) is 12.5 Å². The lowest BCUT2D eigenvalue weighted by molar-refractivity contribution is -0.133. The third kappa shape index (κ3) is 2.24. The number of hydrogen-bond donors (Lipinski definition) is 2. The lowest BCUT2D eigenvalue weighted by Gasteiger charge is -2.37. The number of nitrogens with zero attached hydrogens (tertiary/aromatic N) is 1. The average molecular weight is 257 g/mol. The number of benzene rings is 1. The molecule has 0 saturated carbocycles. The minimum atomic E-state index is 0.221. The van der Waals surface area contributed by atoms with Gasteiger partial charge in [-0.2, -0.15) is 0 Å². The molecule has 3 rings (SSSR count). The fourth-order valence-electron chi connectivity index (χ4n) is 2.67. The number of likely N-dealkylation sites (N-methyl/N-ethyl adjacent to an activating group) is 1. The summed E-state index contributed by atoms with van der Waals surface area (Å²) in [5, 5.41) is 4.37. The van der Waals surface area contributed by atoms with Gasteiger partial charge in [0.05, 0.1) is 12.5 Å². The molecular weight excluding hydrogens is 238 g/mol. The topological polar surface area (TPSA) is 48.1 Å². The second kappa shape index (κ2) is 5.05. The van der Waals surface area contributed by atoms with Crippen LogP contribution in [0, 0.1) is 0 Å². The maximum absolute atomic E-state index is 12.4. The van der Waals surface area contributed by atoms with Gasteiger partial charge in [0.15, 0.2) is 0 Å². The summed E-state index contributed by atoms with van der Waals surface area (Å²) in [6.07, 6.45) is 2.43. The largest absolute Gasteiger partial charge is 0.361 e. The highest BCUT2D eigenvalue weighted by Gasteiger charge is 2.27. The molecule has 100 valence electrons. The highest BCUT2D eigenvalue weighted by atomic mass is 16.2. The van der Waals surface area contributed by atoms with E-state index in [2.05, 4.69) is 16.4 Å². The molecule has 2 aromatic rings. The summed E-state index contributed by atoms with van der Waals surface area (Å²) in [6, 6.07) is 8.50. The second-order valence-electron chi connectivity index (χ2n) is 5.03.